The summed E-state index contributed by atoms with van der Waals surface area (Å²) in [6.45, 7) is 0.832. The van der Waals surface area contributed by atoms with Crippen molar-refractivity contribution in [3.05, 3.63) is 59.2 Å². The van der Waals surface area contributed by atoms with Crippen LogP contribution in [0.2, 0.25) is 0 Å². The van der Waals surface area contributed by atoms with E-state index in [2.05, 4.69) is 28.2 Å². The molecule has 2 heterocycles. The fourth-order valence-corrected chi connectivity index (χ4v) is 4.04. The number of hydrogen-bond donors (Lipinski definition) is 0. The molecule has 4 nitrogen and oxygen atoms in total. The Hall–Kier alpha value is -2.23. The van der Waals surface area contributed by atoms with Crippen molar-refractivity contribution < 1.29 is 4.79 Å². The van der Waals surface area contributed by atoms with Crippen LogP contribution in [0.1, 0.15) is 54.1 Å². The third-order valence-electron chi connectivity index (χ3n) is 5.29. The molecule has 0 N–H and O–H groups in total. The van der Waals surface area contributed by atoms with Crippen molar-refractivity contribution in [1.29, 1.82) is 0 Å². The molecule has 1 atom stereocenters. The fraction of sp³-hybridized carbons (Fsp3) is 0.450. The first-order valence-electron chi connectivity index (χ1n) is 8.97. The maximum absolute atomic E-state index is 12.8. The predicted molar refractivity (Wildman–Crippen MR) is 92.5 cm³/mol. The van der Waals surface area contributed by atoms with Gasteiger partial charge in [-0.05, 0) is 61.3 Å². The lowest BCUT2D eigenvalue weighted by Crippen LogP contribution is -2.32. The van der Waals surface area contributed by atoms with Gasteiger partial charge in [0, 0.05) is 12.7 Å². The van der Waals surface area contributed by atoms with Crippen LogP contribution in [0.5, 0.6) is 0 Å². The summed E-state index contributed by atoms with van der Waals surface area (Å²) >= 11 is 0. The second-order valence-electron chi connectivity index (χ2n) is 6.87. The predicted octanol–water partition coefficient (Wildman–Crippen LogP) is 3.26. The molecular weight excluding hydrogens is 298 g/mol. The molecule has 0 unspecified atom stereocenters. The number of carbonyl (C=O) groups is 1. The molecule has 4 rings (SSSR count). The Morgan fingerprint density at radius 2 is 2.00 bits per heavy atom. The zero-order valence-electron chi connectivity index (χ0n) is 13.9. The van der Waals surface area contributed by atoms with Crippen molar-refractivity contribution in [3.8, 4) is 0 Å². The van der Waals surface area contributed by atoms with Gasteiger partial charge < -0.3 is 4.90 Å². The molecule has 124 valence electrons. The van der Waals surface area contributed by atoms with E-state index >= 15 is 0 Å². The van der Waals surface area contributed by atoms with Crippen molar-refractivity contribution in [1.82, 2.24) is 14.9 Å². The first-order valence-corrected chi connectivity index (χ1v) is 8.97. The number of carbonyl (C=O) groups excluding carboxylic acids is 1. The van der Waals surface area contributed by atoms with Crippen LogP contribution < -0.4 is 0 Å². The smallest absolute Gasteiger partial charge is 0.227 e. The Balaban J connectivity index is 1.49. The largest absolute Gasteiger partial charge is 0.334 e. The van der Waals surface area contributed by atoms with Gasteiger partial charge in [0.25, 0.3) is 0 Å². The monoisotopic (exact) mass is 321 g/mol. The van der Waals surface area contributed by atoms with Crippen molar-refractivity contribution in [2.45, 2.75) is 51.0 Å². The molecular formula is C20H23N3O. The van der Waals surface area contributed by atoms with Crippen molar-refractivity contribution >= 4 is 5.91 Å². The van der Waals surface area contributed by atoms with Crippen LogP contribution in [0.3, 0.4) is 0 Å². The number of aromatic nitrogens is 2. The lowest BCUT2D eigenvalue weighted by atomic mass is 9.90. The number of hydrogen-bond acceptors (Lipinski definition) is 3. The molecule has 4 heteroatoms. The number of rotatable bonds is 3. The molecule has 0 radical (unpaired) electrons. The molecule has 2 aliphatic rings. The number of benzene rings is 1. The van der Waals surface area contributed by atoms with E-state index in [-0.39, 0.29) is 11.9 Å². The molecule has 0 spiro atoms. The summed E-state index contributed by atoms with van der Waals surface area (Å²) < 4.78 is 0. The van der Waals surface area contributed by atoms with Gasteiger partial charge in [0.1, 0.15) is 6.33 Å². The summed E-state index contributed by atoms with van der Waals surface area (Å²) in [5, 5.41) is 0. The summed E-state index contributed by atoms with van der Waals surface area (Å²) in [4.78, 5) is 23.2. The van der Waals surface area contributed by atoms with Gasteiger partial charge >= 0.3 is 0 Å². The summed E-state index contributed by atoms with van der Waals surface area (Å²) in [7, 11) is 0. The van der Waals surface area contributed by atoms with E-state index in [9.17, 15) is 4.79 Å². The minimum atomic E-state index is 0.109. The molecule has 24 heavy (non-hydrogen) atoms. The Bertz CT molecular complexity index is 729. The van der Waals surface area contributed by atoms with E-state index in [1.165, 1.54) is 30.4 Å². The minimum Gasteiger partial charge on any atom is -0.334 e. The second kappa shape index (κ2) is 6.71. The number of amides is 1. The second-order valence-corrected chi connectivity index (χ2v) is 6.87. The van der Waals surface area contributed by atoms with Crippen LogP contribution in [-0.2, 0) is 24.1 Å². The van der Waals surface area contributed by atoms with Gasteiger partial charge in [-0.1, -0.05) is 18.2 Å². The van der Waals surface area contributed by atoms with Gasteiger partial charge in [0.2, 0.25) is 5.91 Å². The van der Waals surface area contributed by atoms with Crippen LogP contribution in [0.25, 0.3) is 0 Å². The maximum atomic E-state index is 12.8. The summed E-state index contributed by atoms with van der Waals surface area (Å²) in [5.74, 6) is 0.215. The number of fused-ring (bicyclic) bond motifs is 1. The first-order chi connectivity index (χ1) is 11.8. The molecule has 1 saturated heterocycles. The van der Waals surface area contributed by atoms with Gasteiger partial charge in [-0.25, -0.2) is 9.97 Å². The molecule has 1 aromatic heterocycles. The highest BCUT2D eigenvalue weighted by molar-refractivity contribution is 5.79. The molecule has 2 aromatic rings. The molecule has 1 amide bonds. The van der Waals surface area contributed by atoms with Gasteiger partial charge in [0.05, 0.1) is 18.2 Å². The Morgan fingerprint density at radius 1 is 1.12 bits per heavy atom. The van der Waals surface area contributed by atoms with Gasteiger partial charge in [-0.15, -0.1) is 0 Å². The third-order valence-corrected chi connectivity index (χ3v) is 5.29. The topological polar surface area (TPSA) is 46.1 Å². The zero-order chi connectivity index (χ0) is 16.4. The van der Waals surface area contributed by atoms with Crippen molar-refractivity contribution in [2.75, 3.05) is 6.54 Å². The maximum Gasteiger partial charge on any atom is 0.227 e. The van der Waals surface area contributed by atoms with Crippen molar-refractivity contribution in [2.24, 2.45) is 0 Å². The van der Waals surface area contributed by atoms with Gasteiger partial charge in [0.15, 0.2) is 0 Å². The normalized spacial score (nSPS) is 20.0. The quantitative estimate of drug-likeness (QED) is 0.871. The molecule has 1 aliphatic heterocycles. The zero-order valence-corrected chi connectivity index (χ0v) is 13.9. The fourth-order valence-electron chi connectivity index (χ4n) is 4.04. The number of likely N-dealkylation sites (tertiary alicyclic amines) is 1. The average Bonchev–Trinajstić information content (AvgIpc) is 3.12. The van der Waals surface area contributed by atoms with E-state index < -0.39 is 0 Å². The molecule has 1 fully saturated rings. The van der Waals surface area contributed by atoms with E-state index in [1.54, 1.807) is 12.5 Å². The summed E-state index contributed by atoms with van der Waals surface area (Å²) in [6, 6.07) is 8.65. The minimum absolute atomic E-state index is 0.109. The Kier molecular flexibility index (Phi) is 4.28. The number of aryl methyl sites for hydroxylation is 2. The highest BCUT2D eigenvalue weighted by atomic mass is 16.2. The van der Waals surface area contributed by atoms with Gasteiger partial charge in [-0.3, -0.25) is 4.79 Å². The number of nitrogens with zero attached hydrogens (tertiary/aromatic N) is 3. The molecule has 1 aromatic carbocycles. The highest BCUT2D eigenvalue weighted by Gasteiger charge is 2.30. The molecule has 1 aliphatic carbocycles. The molecule has 0 bridgehead atoms. The van der Waals surface area contributed by atoms with E-state index in [0.29, 0.717) is 6.42 Å². The van der Waals surface area contributed by atoms with Crippen LogP contribution in [0.4, 0.5) is 0 Å². The Labute approximate surface area is 142 Å². The highest BCUT2D eigenvalue weighted by Crippen LogP contribution is 2.31. The lowest BCUT2D eigenvalue weighted by Gasteiger charge is -2.24. The van der Waals surface area contributed by atoms with E-state index in [0.717, 1.165) is 37.1 Å². The van der Waals surface area contributed by atoms with Crippen LogP contribution in [0.15, 0.2) is 36.8 Å². The average molecular weight is 321 g/mol. The standard InChI is InChI=1S/C20H23N3O/c24-20(13-15-7-8-16-4-1-2-5-17(16)12-15)23-11-3-6-19(23)18-9-10-21-14-22-18/h7-10,12,14,19H,1-6,11,13H2/t19-/m1/s1. The third kappa shape index (κ3) is 3.05. The van der Waals surface area contributed by atoms with E-state index in [1.807, 2.05) is 11.0 Å². The Morgan fingerprint density at radius 3 is 2.83 bits per heavy atom. The van der Waals surface area contributed by atoms with E-state index in [4.69, 9.17) is 0 Å². The van der Waals surface area contributed by atoms with Crippen LogP contribution in [-0.4, -0.2) is 27.3 Å². The van der Waals surface area contributed by atoms with Crippen molar-refractivity contribution in [3.63, 3.8) is 0 Å². The summed E-state index contributed by atoms with van der Waals surface area (Å²) in [5.41, 5.74) is 5.02. The molecule has 0 saturated carbocycles. The van der Waals surface area contributed by atoms with Crippen LogP contribution >= 0.6 is 0 Å². The summed E-state index contributed by atoms with van der Waals surface area (Å²) in [6.07, 6.45) is 10.8. The van der Waals surface area contributed by atoms with Crippen LogP contribution in [0, 0.1) is 0 Å². The SMILES string of the molecule is O=C(Cc1ccc2c(c1)CCCC2)N1CCC[C@@H]1c1ccncn1. The first kappa shape index (κ1) is 15.3. The lowest BCUT2D eigenvalue weighted by molar-refractivity contribution is -0.131. The van der Waals surface area contributed by atoms with Gasteiger partial charge in [-0.2, -0.15) is 0 Å².